The van der Waals surface area contributed by atoms with Gasteiger partial charge < -0.3 is 35.0 Å². The lowest BCUT2D eigenvalue weighted by atomic mass is 9.43. The fourth-order valence-corrected chi connectivity index (χ4v) is 14.5. The molecule has 0 aliphatic heterocycles. The minimum Gasteiger partial charge on any atom is -0.481 e. The van der Waals surface area contributed by atoms with Crippen LogP contribution in [-0.4, -0.2) is 73.3 Å². The van der Waals surface area contributed by atoms with Crippen molar-refractivity contribution in [2.75, 3.05) is 29.0 Å². The summed E-state index contributed by atoms with van der Waals surface area (Å²) in [6, 6.07) is 31.9. The van der Waals surface area contributed by atoms with Crippen LogP contribution in [0, 0.1) is 53.3 Å². The minimum atomic E-state index is -3.44. The van der Waals surface area contributed by atoms with Gasteiger partial charge in [-0.3, -0.25) is 14.3 Å². The Labute approximate surface area is 422 Å². The van der Waals surface area contributed by atoms with Crippen LogP contribution < -0.4 is 19.7 Å². The van der Waals surface area contributed by atoms with Crippen LogP contribution in [0.4, 0.5) is 11.4 Å². The zero-order valence-corrected chi connectivity index (χ0v) is 43.2. The fraction of sp³-hybridized carbons (Fsp3) is 0.552. The number of carboxylic acid groups (broad SMARTS) is 1. The lowest BCUT2D eigenvalue weighted by molar-refractivity contribution is -0.209. The van der Waals surface area contributed by atoms with Crippen molar-refractivity contribution in [2.24, 2.45) is 46.3 Å². The molecular weight excluding hydrogens is 915 g/mol. The summed E-state index contributed by atoms with van der Waals surface area (Å²) in [5.41, 5.74) is 5.36. The second-order valence-electron chi connectivity index (χ2n) is 22.0. The SMILES string of the molecule is Cc1c(NS(C)(=O)=O)cccc1N(Cc1ccccc1)Cc1ccc(Oc2cccc(CCCC(=O)NCCO[C@@H]3CC[C@]4(C)[C@H](C3)C[C@H](O)[C@@H]3[C@@H]4C[C@@H](O)[C@]4(C)[C@H]3CC[C@H]4[C@@H](C)CCC(=O)O)c2)cc1. The first kappa shape index (κ1) is 52.4. The van der Waals surface area contributed by atoms with Gasteiger partial charge in [-0.1, -0.05) is 81.4 Å². The average molecular weight is 992 g/mol. The number of carbonyl (C=O) groups is 2. The summed E-state index contributed by atoms with van der Waals surface area (Å²) in [6.07, 6.45) is 9.20. The number of aryl methyl sites for hydroxylation is 1. The molecule has 0 aromatic heterocycles. The molecular formula is C58H77N3O9S. The second-order valence-corrected chi connectivity index (χ2v) is 23.8. The molecule has 384 valence electrons. The molecule has 71 heavy (non-hydrogen) atoms. The minimum absolute atomic E-state index is 0.00261. The number of sulfonamides is 1. The molecule has 4 saturated carbocycles. The Morgan fingerprint density at radius 1 is 0.831 bits per heavy atom. The van der Waals surface area contributed by atoms with Crippen molar-refractivity contribution in [3.63, 3.8) is 0 Å². The molecule has 4 aromatic carbocycles. The normalized spacial score (nSPS) is 28.4. The van der Waals surface area contributed by atoms with Crippen LogP contribution in [0.2, 0.25) is 0 Å². The molecule has 4 aliphatic rings. The highest BCUT2D eigenvalue weighted by molar-refractivity contribution is 7.92. The summed E-state index contributed by atoms with van der Waals surface area (Å²) in [6.45, 7) is 10.8. The number of carboxylic acids is 1. The van der Waals surface area contributed by atoms with Crippen molar-refractivity contribution in [1.82, 2.24) is 5.32 Å². The Kier molecular flexibility index (Phi) is 16.6. The average Bonchev–Trinajstić information content (AvgIpc) is 3.69. The number of rotatable bonds is 21. The van der Waals surface area contributed by atoms with E-state index in [0.29, 0.717) is 69.3 Å². The Morgan fingerprint density at radius 3 is 2.28 bits per heavy atom. The summed E-state index contributed by atoms with van der Waals surface area (Å²) in [5.74, 6) is 2.09. The zero-order valence-electron chi connectivity index (χ0n) is 42.4. The van der Waals surface area contributed by atoms with Gasteiger partial charge in [0.15, 0.2) is 0 Å². The maximum atomic E-state index is 12.9. The molecule has 0 radical (unpaired) electrons. The van der Waals surface area contributed by atoms with E-state index in [4.69, 9.17) is 9.47 Å². The number of carbonyl (C=O) groups excluding carboxylic acids is 1. The molecule has 13 heteroatoms. The number of hydrogen-bond donors (Lipinski definition) is 5. The van der Waals surface area contributed by atoms with Gasteiger partial charge in [-0.25, -0.2) is 8.42 Å². The molecule has 12 nitrogen and oxygen atoms in total. The number of hydrogen-bond acceptors (Lipinski definition) is 9. The third-order valence-corrected chi connectivity index (χ3v) is 18.1. The molecule has 0 spiro atoms. The number of amides is 1. The van der Waals surface area contributed by atoms with Gasteiger partial charge in [-0.15, -0.1) is 0 Å². The van der Waals surface area contributed by atoms with Crippen molar-refractivity contribution in [3.8, 4) is 11.5 Å². The molecule has 4 aliphatic carbocycles. The lowest BCUT2D eigenvalue weighted by Crippen LogP contribution is -2.62. The van der Waals surface area contributed by atoms with Crippen LogP contribution in [0.5, 0.6) is 11.5 Å². The van der Waals surface area contributed by atoms with E-state index < -0.39 is 28.2 Å². The van der Waals surface area contributed by atoms with E-state index in [-0.39, 0.29) is 58.9 Å². The van der Waals surface area contributed by atoms with Crippen LogP contribution >= 0.6 is 0 Å². The van der Waals surface area contributed by atoms with Gasteiger partial charge in [0.25, 0.3) is 0 Å². The number of aliphatic hydroxyl groups is 2. The molecule has 8 rings (SSSR count). The zero-order chi connectivity index (χ0) is 50.5. The van der Waals surface area contributed by atoms with Gasteiger partial charge in [0, 0.05) is 38.2 Å². The maximum Gasteiger partial charge on any atom is 0.303 e. The molecule has 5 N–H and O–H groups in total. The number of benzene rings is 4. The van der Waals surface area contributed by atoms with Crippen LogP contribution in [0.25, 0.3) is 0 Å². The Morgan fingerprint density at radius 2 is 1.55 bits per heavy atom. The van der Waals surface area contributed by atoms with E-state index in [1.165, 1.54) is 0 Å². The van der Waals surface area contributed by atoms with E-state index >= 15 is 0 Å². The Bertz CT molecular complexity index is 2560. The molecule has 0 bridgehead atoms. The second kappa shape index (κ2) is 22.4. The predicted molar refractivity (Wildman–Crippen MR) is 279 cm³/mol. The van der Waals surface area contributed by atoms with E-state index in [0.717, 1.165) is 84.9 Å². The largest absolute Gasteiger partial charge is 0.481 e. The first-order chi connectivity index (χ1) is 33.9. The monoisotopic (exact) mass is 992 g/mol. The summed E-state index contributed by atoms with van der Waals surface area (Å²) < 4.78 is 39.5. The molecule has 4 fully saturated rings. The van der Waals surface area contributed by atoms with Crippen LogP contribution in [0.3, 0.4) is 0 Å². The van der Waals surface area contributed by atoms with Crippen LogP contribution in [0.1, 0.15) is 114 Å². The smallest absolute Gasteiger partial charge is 0.303 e. The molecule has 0 saturated heterocycles. The number of aliphatic hydroxyl groups excluding tert-OH is 2. The van der Waals surface area contributed by atoms with E-state index in [9.17, 15) is 33.3 Å². The van der Waals surface area contributed by atoms with Crippen molar-refractivity contribution in [1.29, 1.82) is 0 Å². The van der Waals surface area contributed by atoms with E-state index in [1.54, 1.807) is 6.07 Å². The van der Waals surface area contributed by atoms with E-state index in [1.807, 2.05) is 67.6 Å². The highest BCUT2D eigenvalue weighted by Crippen LogP contribution is 2.68. The van der Waals surface area contributed by atoms with Crippen molar-refractivity contribution >= 4 is 33.3 Å². The molecule has 4 aromatic rings. The van der Waals surface area contributed by atoms with Crippen molar-refractivity contribution in [2.45, 2.75) is 136 Å². The molecule has 1 amide bonds. The predicted octanol–water partition coefficient (Wildman–Crippen LogP) is 10.3. The summed E-state index contributed by atoms with van der Waals surface area (Å²) in [7, 11) is -3.44. The number of fused-ring (bicyclic) bond motifs is 5. The first-order valence-corrected chi connectivity index (χ1v) is 28.0. The molecule has 11 atom stereocenters. The Balaban J connectivity index is 0.767. The summed E-state index contributed by atoms with van der Waals surface area (Å²) in [4.78, 5) is 26.5. The van der Waals surface area contributed by atoms with Crippen molar-refractivity contribution < 1.29 is 42.8 Å². The summed E-state index contributed by atoms with van der Waals surface area (Å²) in [5, 5.41) is 36.1. The third kappa shape index (κ3) is 12.3. The van der Waals surface area contributed by atoms with Gasteiger partial charge >= 0.3 is 5.97 Å². The first-order valence-electron chi connectivity index (χ1n) is 26.1. The number of nitrogens with one attached hydrogen (secondary N) is 2. The quantitative estimate of drug-likeness (QED) is 0.0506. The van der Waals surface area contributed by atoms with Gasteiger partial charge in [0.05, 0.1) is 36.9 Å². The van der Waals surface area contributed by atoms with Crippen LogP contribution in [0.15, 0.2) is 97.1 Å². The van der Waals surface area contributed by atoms with Crippen molar-refractivity contribution in [3.05, 3.63) is 119 Å². The fourth-order valence-electron chi connectivity index (χ4n) is 13.9. The standard InChI is InChI=1S/C58H77N3O9S/c1-38(20-27-55(65)66)47-25-26-48-56-49(35-53(63)58(47,48)4)57(3)29-28-45(33-43(57)34-52(56)62)69-31-30-59-54(64)19-10-15-40-14-9-16-46(32-40)70-44-23-21-42(22-24-44)37-61(36-41-12-7-6-8-13-41)51-18-11-17-50(39(51)2)60-71(5,67)68/h6-9,11-14,16-18,21-24,32,38,43,45,47-49,52-53,56,60,62-63H,10,15,19-20,25-31,33-37H2,1-5H3,(H,59,64)(H,65,66)/t38-,43+,45+,47-,48-,49-,52-,53+,56-,57+,58-/m0/s1. The number of ether oxygens (including phenoxy) is 2. The lowest BCUT2D eigenvalue weighted by Gasteiger charge is -2.63. The third-order valence-electron chi connectivity index (χ3n) is 17.5. The number of nitrogens with zero attached hydrogens (tertiary/aromatic N) is 1. The topological polar surface area (TPSA) is 175 Å². The molecule has 0 unspecified atom stereocenters. The van der Waals surface area contributed by atoms with Gasteiger partial charge in [-0.2, -0.15) is 0 Å². The highest BCUT2D eigenvalue weighted by Gasteiger charge is 2.65. The Hall–Kier alpha value is -4.95. The van der Waals surface area contributed by atoms with Crippen LogP contribution in [-0.2, 0) is 43.9 Å². The summed E-state index contributed by atoms with van der Waals surface area (Å²) >= 11 is 0. The van der Waals surface area contributed by atoms with Gasteiger partial charge in [-0.05, 0) is 176 Å². The van der Waals surface area contributed by atoms with E-state index in [2.05, 4.69) is 66.0 Å². The molecule has 0 heterocycles. The van der Waals surface area contributed by atoms with Gasteiger partial charge in [0.2, 0.25) is 15.9 Å². The number of anilines is 2. The highest BCUT2D eigenvalue weighted by atomic mass is 32.2. The van der Waals surface area contributed by atoms with Gasteiger partial charge in [0.1, 0.15) is 11.5 Å². The maximum absolute atomic E-state index is 12.9. The number of aliphatic carboxylic acids is 1.